The molecule has 0 N–H and O–H groups in total. The minimum absolute atomic E-state index is 0.347. The Labute approximate surface area is 66.6 Å². The van der Waals surface area contributed by atoms with Crippen molar-refractivity contribution in [2.24, 2.45) is 0 Å². The van der Waals surface area contributed by atoms with Gasteiger partial charge in [0.2, 0.25) is 0 Å². The summed E-state index contributed by atoms with van der Waals surface area (Å²) in [7, 11) is 0. The summed E-state index contributed by atoms with van der Waals surface area (Å²) in [6.07, 6.45) is 4.72. The summed E-state index contributed by atoms with van der Waals surface area (Å²) >= 11 is 1.97. The molecule has 0 aliphatic carbocycles. The lowest BCUT2D eigenvalue weighted by Gasteiger charge is -2.19. The summed E-state index contributed by atoms with van der Waals surface area (Å²) in [5.74, 6) is 1.61. The van der Waals surface area contributed by atoms with E-state index in [1.807, 2.05) is 11.8 Å². The van der Waals surface area contributed by atoms with Crippen molar-refractivity contribution in [1.29, 1.82) is 0 Å². The Morgan fingerprint density at radius 3 is 2.90 bits per heavy atom. The van der Waals surface area contributed by atoms with E-state index in [0.29, 0.717) is 11.0 Å². The second kappa shape index (κ2) is 4.02. The number of rotatable bonds is 2. The number of carbonyl (C=O) groups excluding carboxylic acids is 1. The smallest absolute Gasteiger partial charge is 0.130 e. The first-order valence-electron chi connectivity index (χ1n) is 3.90. The van der Waals surface area contributed by atoms with Gasteiger partial charge in [-0.1, -0.05) is 6.42 Å². The zero-order valence-electron chi connectivity index (χ0n) is 6.43. The van der Waals surface area contributed by atoms with Crippen LogP contribution in [0.5, 0.6) is 0 Å². The molecule has 1 atom stereocenters. The van der Waals surface area contributed by atoms with Crippen molar-refractivity contribution in [2.45, 2.75) is 37.9 Å². The zero-order chi connectivity index (χ0) is 7.40. The van der Waals surface area contributed by atoms with Crippen LogP contribution in [0, 0.1) is 0 Å². The number of ketones is 1. The third-order valence-electron chi connectivity index (χ3n) is 1.79. The normalized spacial score (nSPS) is 26.3. The highest BCUT2D eigenvalue weighted by Crippen LogP contribution is 2.27. The molecule has 0 aromatic carbocycles. The van der Waals surface area contributed by atoms with Crippen molar-refractivity contribution in [3.05, 3.63) is 0 Å². The predicted molar refractivity (Wildman–Crippen MR) is 45.4 cm³/mol. The largest absolute Gasteiger partial charge is 0.300 e. The van der Waals surface area contributed by atoms with Crippen LogP contribution in [0.1, 0.15) is 32.6 Å². The molecular formula is C8H14OS. The van der Waals surface area contributed by atoms with Crippen molar-refractivity contribution in [2.75, 3.05) is 5.75 Å². The Morgan fingerprint density at radius 1 is 1.60 bits per heavy atom. The fourth-order valence-electron chi connectivity index (χ4n) is 1.29. The average molecular weight is 158 g/mol. The van der Waals surface area contributed by atoms with Crippen LogP contribution in [-0.4, -0.2) is 16.8 Å². The molecule has 1 rings (SSSR count). The molecule has 1 saturated heterocycles. The topological polar surface area (TPSA) is 17.1 Å². The van der Waals surface area contributed by atoms with Gasteiger partial charge < -0.3 is 0 Å². The third kappa shape index (κ3) is 2.74. The Hall–Kier alpha value is 0.0200. The summed E-state index contributed by atoms with van der Waals surface area (Å²) in [5, 5.41) is 0.645. The van der Waals surface area contributed by atoms with Gasteiger partial charge in [-0.3, -0.25) is 4.79 Å². The lowest BCUT2D eigenvalue weighted by molar-refractivity contribution is -0.117. The number of carbonyl (C=O) groups is 1. The van der Waals surface area contributed by atoms with Gasteiger partial charge in [-0.2, -0.15) is 11.8 Å². The van der Waals surface area contributed by atoms with Crippen molar-refractivity contribution in [3.63, 3.8) is 0 Å². The predicted octanol–water partition coefficient (Wildman–Crippen LogP) is 2.25. The highest BCUT2D eigenvalue weighted by Gasteiger charge is 2.14. The number of hydrogen-bond acceptors (Lipinski definition) is 2. The van der Waals surface area contributed by atoms with Gasteiger partial charge in [0.05, 0.1) is 0 Å². The lowest BCUT2D eigenvalue weighted by atomic mass is 10.1. The molecule has 0 bridgehead atoms. The standard InChI is InChI=1S/C8H14OS/c1-7(9)6-8-4-2-3-5-10-8/h8H,2-6H2,1H3. The van der Waals surface area contributed by atoms with Gasteiger partial charge in [-0.25, -0.2) is 0 Å². The van der Waals surface area contributed by atoms with Gasteiger partial charge in [-0.05, 0) is 25.5 Å². The minimum Gasteiger partial charge on any atom is -0.300 e. The van der Waals surface area contributed by atoms with Crippen molar-refractivity contribution in [3.8, 4) is 0 Å². The van der Waals surface area contributed by atoms with E-state index in [1.165, 1.54) is 25.0 Å². The molecule has 0 radical (unpaired) electrons. The second-order valence-electron chi connectivity index (χ2n) is 2.89. The molecule has 1 unspecified atom stereocenters. The number of hydrogen-bond donors (Lipinski definition) is 0. The van der Waals surface area contributed by atoms with Crippen LogP contribution in [0.25, 0.3) is 0 Å². The van der Waals surface area contributed by atoms with Gasteiger partial charge in [0, 0.05) is 11.7 Å². The Kier molecular flexibility index (Phi) is 3.26. The first kappa shape index (κ1) is 8.12. The maximum absolute atomic E-state index is 10.7. The maximum atomic E-state index is 10.7. The maximum Gasteiger partial charge on any atom is 0.130 e. The van der Waals surface area contributed by atoms with Crippen LogP contribution >= 0.6 is 11.8 Å². The first-order valence-corrected chi connectivity index (χ1v) is 4.95. The van der Waals surface area contributed by atoms with E-state index < -0.39 is 0 Å². The summed E-state index contributed by atoms with van der Waals surface area (Å²) in [6.45, 7) is 1.69. The molecular weight excluding hydrogens is 144 g/mol. The SMILES string of the molecule is CC(=O)CC1CCCCS1. The van der Waals surface area contributed by atoms with Gasteiger partial charge in [0.25, 0.3) is 0 Å². The highest BCUT2D eigenvalue weighted by molar-refractivity contribution is 7.99. The minimum atomic E-state index is 0.347. The van der Waals surface area contributed by atoms with E-state index in [1.54, 1.807) is 6.92 Å². The van der Waals surface area contributed by atoms with E-state index in [4.69, 9.17) is 0 Å². The lowest BCUT2D eigenvalue weighted by Crippen LogP contribution is -2.12. The third-order valence-corrected chi connectivity index (χ3v) is 3.19. The molecule has 1 aliphatic heterocycles. The highest BCUT2D eigenvalue weighted by atomic mass is 32.2. The summed E-state index contributed by atoms with van der Waals surface area (Å²) < 4.78 is 0. The zero-order valence-corrected chi connectivity index (χ0v) is 7.25. The van der Waals surface area contributed by atoms with Gasteiger partial charge in [0.1, 0.15) is 5.78 Å². The average Bonchev–Trinajstić information content (AvgIpc) is 1.88. The van der Waals surface area contributed by atoms with Crippen LogP contribution < -0.4 is 0 Å². The van der Waals surface area contributed by atoms with Gasteiger partial charge in [-0.15, -0.1) is 0 Å². The van der Waals surface area contributed by atoms with Crippen molar-refractivity contribution in [1.82, 2.24) is 0 Å². The summed E-state index contributed by atoms with van der Waals surface area (Å²) in [6, 6.07) is 0. The fourth-order valence-corrected chi connectivity index (χ4v) is 2.68. The molecule has 1 aliphatic rings. The summed E-state index contributed by atoms with van der Waals surface area (Å²) in [4.78, 5) is 10.7. The molecule has 0 saturated carbocycles. The van der Waals surface area contributed by atoms with E-state index in [9.17, 15) is 4.79 Å². The Morgan fingerprint density at radius 2 is 2.40 bits per heavy atom. The monoisotopic (exact) mass is 158 g/mol. The molecule has 1 nitrogen and oxygen atoms in total. The van der Waals surface area contributed by atoms with Crippen molar-refractivity contribution < 1.29 is 4.79 Å². The number of thioether (sulfide) groups is 1. The molecule has 0 amide bonds. The van der Waals surface area contributed by atoms with E-state index in [2.05, 4.69) is 0 Å². The molecule has 0 spiro atoms. The second-order valence-corrected chi connectivity index (χ2v) is 4.30. The molecule has 1 heterocycles. The van der Waals surface area contributed by atoms with Crippen LogP contribution in [0.3, 0.4) is 0 Å². The molecule has 0 aromatic heterocycles. The fraction of sp³-hybridized carbons (Fsp3) is 0.875. The van der Waals surface area contributed by atoms with E-state index >= 15 is 0 Å². The van der Waals surface area contributed by atoms with Crippen LogP contribution in [0.15, 0.2) is 0 Å². The van der Waals surface area contributed by atoms with Crippen LogP contribution in [-0.2, 0) is 4.79 Å². The summed E-state index contributed by atoms with van der Waals surface area (Å²) in [5.41, 5.74) is 0. The molecule has 1 fully saturated rings. The molecule has 0 aromatic rings. The van der Waals surface area contributed by atoms with Gasteiger partial charge >= 0.3 is 0 Å². The molecule has 2 heteroatoms. The van der Waals surface area contributed by atoms with E-state index in [-0.39, 0.29) is 0 Å². The van der Waals surface area contributed by atoms with Crippen molar-refractivity contribution >= 4 is 17.5 Å². The molecule has 10 heavy (non-hydrogen) atoms. The molecule has 58 valence electrons. The van der Waals surface area contributed by atoms with E-state index in [0.717, 1.165) is 6.42 Å². The first-order chi connectivity index (χ1) is 4.79. The van der Waals surface area contributed by atoms with Crippen LogP contribution in [0.4, 0.5) is 0 Å². The number of Topliss-reactive ketones (excluding diaryl/α,β-unsaturated/α-hetero) is 1. The Balaban J connectivity index is 2.19. The van der Waals surface area contributed by atoms with Crippen LogP contribution in [0.2, 0.25) is 0 Å². The quantitative estimate of drug-likeness (QED) is 0.613. The Bertz CT molecular complexity index is 116. The van der Waals surface area contributed by atoms with Gasteiger partial charge in [0.15, 0.2) is 0 Å².